The number of nitrogens with zero attached hydrogens (tertiary/aromatic N) is 1. The average Bonchev–Trinajstić information content (AvgIpc) is 2.86. The van der Waals surface area contributed by atoms with Crippen LogP contribution in [-0.2, 0) is 9.59 Å². The van der Waals surface area contributed by atoms with Gasteiger partial charge in [0.2, 0.25) is 0 Å². The van der Waals surface area contributed by atoms with E-state index in [1.807, 2.05) is 0 Å². The Morgan fingerprint density at radius 1 is 1.12 bits per heavy atom. The highest BCUT2D eigenvalue weighted by Crippen LogP contribution is 2.31. The van der Waals surface area contributed by atoms with Gasteiger partial charge in [-0.25, -0.2) is 0 Å². The van der Waals surface area contributed by atoms with Gasteiger partial charge in [0, 0.05) is 5.56 Å². The molecule has 0 unspecified atom stereocenters. The summed E-state index contributed by atoms with van der Waals surface area (Å²) in [6, 6.07) is 11.2. The number of amides is 2. The zero-order chi connectivity index (χ0) is 17.6. The zero-order valence-corrected chi connectivity index (χ0v) is 12.9. The van der Waals surface area contributed by atoms with Gasteiger partial charge in [0.1, 0.15) is 5.75 Å². The lowest BCUT2D eigenvalue weighted by molar-refractivity contribution is -0.118. The minimum Gasteiger partial charge on any atom is -0.482 e. The van der Waals surface area contributed by atoms with Crippen molar-refractivity contribution in [2.45, 2.75) is 0 Å². The Labute approximate surface area is 142 Å². The van der Waals surface area contributed by atoms with Crippen molar-refractivity contribution in [1.29, 1.82) is 0 Å². The van der Waals surface area contributed by atoms with Crippen molar-refractivity contribution < 1.29 is 23.9 Å². The Morgan fingerprint density at radius 2 is 1.92 bits per heavy atom. The van der Waals surface area contributed by atoms with Crippen molar-refractivity contribution >= 4 is 34.8 Å². The van der Waals surface area contributed by atoms with Gasteiger partial charge in [-0.05, 0) is 30.3 Å². The summed E-state index contributed by atoms with van der Waals surface area (Å²) in [5.41, 5.74) is 1.45. The fourth-order valence-corrected chi connectivity index (χ4v) is 2.90. The van der Waals surface area contributed by atoms with E-state index in [0.29, 0.717) is 28.3 Å². The van der Waals surface area contributed by atoms with Gasteiger partial charge in [-0.15, -0.1) is 0 Å². The van der Waals surface area contributed by atoms with Crippen LogP contribution in [0.4, 0.5) is 11.4 Å². The molecule has 2 aliphatic heterocycles. The van der Waals surface area contributed by atoms with Crippen LogP contribution in [0.15, 0.2) is 42.5 Å². The van der Waals surface area contributed by atoms with Gasteiger partial charge in [-0.3, -0.25) is 24.1 Å². The summed E-state index contributed by atoms with van der Waals surface area (Å²) in [5, 5.41) is 2.63. The van der Waals surface area contributed by atoms with Gasteiger partial charge in [-0.2, -0.15) is 0 Å². The highest BCUT2D eigenvalue weighted by atomic mass is 16.5. The normalized spacial score (nSPS) is 15.4. The van der Waals surface area contributed by atoms with Crippen LogP contribution in [-0.4, -0.2) is 36.5 Å². The number of hydrogen-bond donors (Lipinski definition) is 1. The molecule has 25 heavy (non-hydrogen) atoms. The smallest absolute Gasteiger partial charge is 0.299 e. The molecule has 0 saturated heterocycles. The van der Waals surface area contributed by atoms with E-state index in [9.17, 15) is 19.2 Å². The lowest BCUT2D eigenvalue weighted by Crippen LogP contribution is -2.34. The number of anilines is 2. The summed E-state index contributed by atoms with van der Waals surface area (Å²) in [4.78, 5) is 49.3. The molecule has 2 heterocycles. The second-order valence-corrected chi connectivity index (χ2v) is 5.71. The fraction of sp³-hybridized carbons (Fsp3) is 0.111. The molecule has 2 amide bonds. The molecule has 0 aromatic heterocycles. The van der Waals surface area contributed by atoms with E-state index >= 15 is 0 Å². The molecule has 0 atom stereocenters. The Bertz CT molecular complexity index is 950. The van der Waals surface area contributed by atoms with Crippen molar-refractivity contribution in [2.75, 3.05) is 23.4 Å². The molecular formula is C18H12N2O5. The number of para-hydroxylation sites is 1. The number of carbonyl (C=O) groups is 4. The van der Waals surface area contributed by atoms with Crippen LogP contribution >= 0.6 is 0 Å². The Morgan fingerprint density at radius 3 is 2.76 bits per heavy atom. The minimum atomic E-state index is -0.718. The largest absolute Gasteiger partial charge is 0.482 e. The number of Topliss-reactive ketones (excluding diaryl/α,β-unsaturated/α-hetero) is 2. The van der Waals surface area contributed by atoms with Gasteiger partial charge in [-0.1, -0.05) is 12.1 Å². The number of fused-ring (bicyclic) bond motifs is 2. The van der Waals surface area contributed by atoms with Crippen LogP contribution in [0.2, 0.25) is 0 Å². The van der Waals surface area contributed by atoms with E-state index in [1.165, 1.54) is 11.0 Å². The first kappa shape index (κ1) is 15.1. The highest BCUT2D eigenvalue weighted by molar-refractivity contribution is 6.52. The van der Waals surface area contributed by atoms with Gasteiger partial charge in [0.25, 0.3) is 17.6 Å². The first-order valence-electron chi connectivity index (χ1n) is 7.60. The summed E-state index contributed by atoms with van der Waals surface area (Å²) in [6.07, 6.45) is 0. The molecule has 7 heteroatoms. The van der Waals surface area contributed by atoms with Gasteiger partial charge in [0.15, 0.2) is 12.4 Å². The van der Waals surface area contributed by atoms with Crippen molar-refractivity contribution in [1.82, 2.24) is 0 Å². The van der Waals surface area contributed by atoms with Gasteiger partial charge in [0.05, 0.1) is 23.5 Å². The highest BCUT2D eigenvalue weighted by Gasteiger charge is 2.36. The molecule has 0 fully saturated rings. The maximum Gasteiger partial charge on any atom is 0.299 e. The van der Waals surface area contributed by atoms with Crippen molar-refractivity contribution in [3.63, 3.8) is 0 Å². The van der Waals surface area contributed by atoms with Crippen LogP contribution in [0.25, 0.3) is 0 Å². The standard InChI is InChI=1S/C18H12N2O5/c21-14(10-5-6-15-12(7-10)19-16(22)9-25-15)8-20-13-4-2-1-3-11(13)17(23)18(20)24/h1-7H,8-9H2,(H,19,22). The third-order valence-corrected chi connectivity index (χ3v) is 4.11. The second kappa shape index (κ2) is 5.55. The van der Waals surface area contributed by atoms with Crippen LogP contribution in [0.5, 0.6) is 5.75 Å². The predicted molar refractivity (Wildman–Crippen MR) is 88.0 cm³/mol. The fourth-order valence-electron chi connectivity index (χ4n) is 2.90. The number of ketones is 2. The topological polar surface area (TPSA) is 92.8 Å². The Hall–Kier alpha value is -3.48. The molecule has 0 aliphatic carbocycles. The summed E-state index contributed by atoms with van der Waals surface area (Å²) in [6.45, 7) is -0.323. The Kier molecular flexibility index (Phi) is 3.35. The second-order valence-electron chi connectivity index (χ2n) is 5.71. The SMILES string of the molecule is O=C1COc2ccc(C(=O)CN3C(=O)C(=O)c4ccccc43)cc2N1. The number of rotatable bonds is 3. The number of ether oxygens (including phenoxy) is 1. The molecule has 2 aromatic rings. The maximum absolute atomic E-state index is 12.6. The van der Waals surface area contributed by atoms with Crippen LogP contribution in [0.1, 0.15) is 20.7 Å². The number of hydrogen-bond acceptors (Lipinski definition) is 5. The van der Waals surface area contributed by atoms with Crippen molar-refractivity contribution in [2.24, 2.45) is 0 Å². The average molecular weight is 336 g/mol. The monoisotopic (exact) mass is 336 g/mol. The van der Waals surface area contributed by atoms with E-state index in [4.69, 9.17) is 4.74 Å². The molecule has 2 aromatic carbocycles. The molecule has 4 rings (SSSR count). The van der Waals surface area contributed by atoms with E-state index in [0.717, 1.165) is 0 Å². The summed E-state index contributed by atoms with van der Waals surface area (Å²) in [7, 11) is 0. The Balaban J connectivity index is 1.61. The van der Waals surface area contributed by atoms with E-state index < -0.39 is 11.7 Å². The molecule has 0 radical (unpaired) electrons. The first-order chi connectivity index (χ1) is 12.0. The van der Waals surface area contributed by atoms with Crippen molar-refractivity contribution in [3.05, 3.63) is 53.6 Å². The molecule has 0 saturated carbocycles. The van der Waals surface area contributed by atoms with Crippen LogP contribution < -0.4 is 15.0 Å². The lowest BCUT2D eigenvalue weighted by Gasteiger charge is -2.19. The van der Waals surface area contributed by atoms with E-state index in [-0.39, 0.29) is 24.8 Å². The zero-order valence-electron chi connectivity index (χ0n) is 12.9. The molecule has 0 bridgehead atoms. The number of nitrogens with one attached hydrogen (secondary N) is 1. The van der Waals surface area contributed by atoms with Crippen LogP contribution in [0, 0.1) is 0 Å². The molecular weight excluding hydrogens is 324 g/mol. The third kappa shape index (κ3) is 2.46. The van der Waals surface area contributed by atoms with Crippen LogP contribution in [0.3, 0.4) is 0 Å². The van der Waals surface area contributed by atoms with E-state index in [1.54, 1.807) is 36.4 Å². The molecule has 0 spiro atoms. The van der Waals surface area contributed by atoms with Crippen molar-refractivity contribution in [3.8, 4) is 5.75 Å². The molecule has 2 aliphatic rings. The van der Waals surface area contributed by atoms with E-state index in [2.05, 4.69) is 5.32 Å². The summed E-state index contributed by atoms with van der Waals surface area (Å²) < 4.78 is 5.25. The maximum atomic E-state index is 12.6. The third-order valence-electron chi connectivity index (χ3n) is 4.11. The summed E-state index contributed by atoms with van der Waals surface area (Å²) >= 11 is 0. The lowest BCUT2D eigenvalue weighted by atomic mass is 10.1. The predicted octanol–water partition coefficient (Wildman–Crippen LogP) is 1.43. The first-order valence-corrected chi connectivity index (χ1v) is 7.60. The van der Waals surface area contributed by atoms with Gasteiger partial charge >= 0.3 is 0 Å². The number of benzene rings is 2. The van der Waals surface area contributed by atoms with Gasteiger partial charge < -0.3 is 10.1 Å². The molecule has 1 N–H and O–H groups in total. The summed E-state index contributed by atoms with van der Waals surface area (Å²) in [5.74, 6) is -1.50. The number of carbonyl (C=O) groups excluding carboxylic acids is 4. The molecule has 124 valence electrons. The quantitative estimate of drug-likeness (QED) is 0.676. The minimum absolute atomic E-state index is 0.0680. The molecule has 7 nitrogen and oxygen atoms in total.